The number of carbonyl (C=O) groups excluding carboxylic acids is 2. The summed E-state index contributed by atoms with van der Waals surface area (Å²) in [5.41, 5.74) is -0.335. The summed E-state index contributed by atoms with van der Waals surface area (Å²) in [5.74, 6) is 1.51. The van der Waals surface area contributed by atoms with Crippen molar-refractivity contribution < 1.29 is 9.59 Å². The number of nitrogens with one attached hydrogen (secondary N) is 2. The maximum atomic E-state index is 12.9. The van der Waals surface area contributed by atoms with Crippen LogP contribution in [0.2, 0.25) is 0 Å². The topological polar surface area (TPSA) is 58.2 Å². The monoisotopic (exact) mass is 292 g/mol. The molecule has 4 saturated carbocycles. The van der Waals surface area contributed by atoms with Crippen molar-refractivity contribution in [2.45, 2.75) is 77.3 Å². The van der Waals surface area contributed by atoms with E-state index in [1.165, 1.54) is 6.42 Å². The molecular weight excluding hydrogens is 264 g/mol. The lowest BCUT2D eigenvalue weighted by Crippen LogP contribution is -2.66. The van der Waals surface area contributed by atoms with E-state index in [0.717, 1.165) is 38.5 Å². The van der Waals surface area contributed by atoms with Gasteiger partial charge in [-0.1, -0.05) is 6.92 Å². The molecule has 4 nitrogen and oxygen atoms in total. The zero-order valence-electron chi connectivity index (χ0n) is 13.5. The third kappa shape index (κ3) is 2.58. The molecule has 0 radical (unpaired) electrons. The van der Waals surface area contributed by atoms with Crippen molar-refractivity contribution in [3.8, 4) is 0 Å². The molecule has 0 unspecified atom stereocenters. The molecule has 0 spiro atoms. The average Bonchev–Trinajstić information content (AvgIpc) is 2.35. The summed E-state index contributed by atoms with van der Waals surface area (Å²) in [4.78, 5) is 24.5. The first-order valence-electron chi connectivity index (χ1n) is 8.46. The molecule has 21 heavy (non-hydrogen) atoms. The number of hydrogen-bond donors (Lipinski definition) is 2. The molecule has 0 heterocycles. The molecule has 0 aliphatic heterocycles. The van der Waals surface area contributed by atoms with Gasteiger partial charge < -0.3 is 10.6 Å². The second kappa shape index (κ2) is 4.99. The van der Waals surface area contributed by atoms with Crippen LogP contribution in [-0.2, 0) is 9.59 Å². The fraction of sp³-hybridized carbons (Fsp3) is 0.882. The second-order valence-corrected chi connectivity index (χ2v) is 7.99. The maximum absolute atomic E-state index is 12.9. The highest BCUT2D eigenvalue weighted by Gasteiger charge is 2.60. The highest BCUT2D eigenvalue weighted by Crippen LogP contribution is 2.61. The SMILES string of the molecule is CC[C@@H](C)NC(=O)C12C[C@H]3C[C@@H](CC(NC(C)=O)(C3)C1)C2. The highest BCUT2D eigenvalue weighted by atomic mass is 16.2. The molecule has 4 aliphatic carbocycles. The smallest absolute Gasteiger partial charge is 0.226 e. The predicted molar refractivity (Wildman–Crippen MR) is 81.6 cm³/mol. The Bertz CT molecular complexity index is 446. The molecule has 4 aliphatic rings. The summed E-state index contributed by atoms with van der Waals surface area (Å²) in [6.07, 6.45) is 7.24. The Labute approximate surface area is 127 Å². The second-order valence-electron chi connectivity index (χ2n) is 7.99. The molecule has 4 bridgehead atoms. The number of amides is 2. The van der Waals surface area contributed by atoms with Crippen LogP contribution in [0.15, 0.2) is 0 Å². The largest absolute Gasteiger partial charge is 0.353 e. The summed E-state index contributed by atoms with van der Waals surface area (Å²) in [7, 11) is 0. The quantitative estimate of drug-likeness (QED) is 0.836. The van der Waals surface area contributed by atoms with Crippen LogP contribution in [0.25, 0.3) is 0 Å². The van der Waals surface area contributed by atoms with Crippen LogP contribution in [0.5, 0.6) is 0 Å². The summed E-state index contributed by atoms with van der Waals surface area (Å²) in [6, 6.07) is 0.238. The van der Waals surface area contributed by atoms with Crippen LogP contribution in [-0.4, -0.2) is 23.4 Å². The van der Waals surface area contributed by atoms with Crippen molar-refractivity contribution in [2.24, 2.45) is 17.3 Å². The molecule has 118 valence electrons. The van der Waals surface area contributed by atoms with Crippen molar-refractivity contribution in [3.63, 3.8) is 0 Å². The van der Waals surface area contributed by atoms with Gasteiger partial charge >= 0.3 is 0 Å². The van der Waals surface area contributed by atoms with Crippen LogP contribution in [0.3, 0.4) is 0 Å². The van der Waals surface area contributed by atoms with Crippen LogP contribution in [0, 0.1) is 17.3 Å². The minimum atomic E-state index is -0.226. The van der Waals surface area contributed by atoms with Gasteiger partial charge in [-0.2, -0.15) is 0 Å². The van der Waals surface area contributed by atoms with E-state index in [4.69, 9.17) is 0 Å². The summed E-state index contributed by atoms with van der Waals surface area (Å²) in [6.45, 7) is 5.77. The van der Waals surface area contributed by atoms with Gasteiger partial charge in [0.25, 0.3) is 0 Å². The summed E-state index contributed by atoms with van der Waals surface area (Å²) in [5, 5.41) is 6.42. The zero-order valence-corrected chi connectivity index (χ0v) is 13.5. The molecule has 4 fully saturated rings. The Morgan fingerprint density at radius 3 is 2.33 bits per heavy atom. The molecule has 2 amide bonds. The summed E-state index contributed by atoms with van der Waals surface area (Å²) < 4.78 is 0. The van der Waals surface area contributed by atoms with Gasteiger partial charge in [0.15, 0.2) is 0 Å². The van der Waals surface area contributed by atoms with E-state index in [-0.39, 0.29) is 28.8 Å². The Morgan fingerprint density at radius 1 is 1.19 bits per heavy atom. The fourth-order valence-electron chi connectivity index (χ4n) is 5.53. The van der Waals surface area contributed by atoms with E-state index in [9.17, 15) is 9.59 Å². The van der Waals surface area contributed by atoms with Crippen LogP contribution >= 0.6 is 0 Å². The molecule has 0 aromatic carbocycles. The number of hydrogen-bond acceptors (Lipinski definition) is 2. The minimum absolute atomic E-state index is 0.0504. The predicted octanol–water partition coefficient (Wildman–Crippen LogP) is 2.38. The molecular formula is C17H28N2O2. The standard InChI is InChI=1S/C17H28N2O2/c1-4-11(2)18-15(21)16-6-13-5-14(7-16)9-17(8-13,10-16)19-12(3)20/h11,13-14H,4-10H2,1-3H3,(H,18,21)(H,19,20)/t11-,13-,14-,16?,17?/m1/s1. The lowest BCUT2D eigenvalue weighted by molar-refractivity contribution is -0.153. The maximum Gasteiger partial charge on any atom is 0.226 e. The van der Waals surface area contributed by atoms with Crippen molar-refractivity contribution in [2.75, 3.05) is 0 Å². The van der Waals surface area contributed by atoms with E-state index < -0.39 is 0 Å². The van der Waals surface area contributed by atoms with Gasteiger partial charge in [-0.3, -0.25) is 9.59 Å². The Morgan fingerprint density at radius 2 is 1.81 bits per heavy atom. The summed E-state index contributed by atoms with van der Waals surface area (Å²) >= 11 is 0. The van der Waals surface area contributed by atoms with Crippen molar-refractivity contribution in [1.29, 1.82) is 0 Å². The van der Waals surface area contributed by atoms with Crippen molar-refractivity contribution >= 4 is 11.8 Å². The Hall–Kier alpha value is -1.06. The lowest BCUT2D eigenvalue weighted by atomic mass is 9.46. The van der Waals surface area contributed by atoms with Gasteiger partial charge in [0.05, 0.1) is 5.41 Å². The zero-order chi connectivity index (χ0) is 15.3. The first kappa shape index (κ1) is 14.9. The highest BCUT2D eigenvalue weighted by molar-refractivity contribution is 5.84. The van der Waals surface area contributed by atoms with E-state index in [2.05, 4.69) is 24.5 Å². The van der Waals surface area contributed by atoms with Crippen molar-refractivity contribution in [1.82, 2.24) is 10.6 Å². The van der Waals surface area contributed by atoms with Gasteiger partial charge in [-0.25, -0.2) is 0 Å². The van der Waals surface area contributed by atoms with Crippen LogP contribution < -0.4 is 10.6 Å². The van der Waals surface area contributed by atoms with Gasteiger partial charge in [-0.05, 0) is 63.7 Å². The van der Waals surface area contributed by atoms with Gasteiger partial charge in [0.1, 0.15) is 0 Å². The van der Waals surface area contributed by atoms with Crippen LogP contribution in [0.4, 0.5) is 0 Å². The first-order valence-corrected chi connectivity index (χ1v) is 8.46. The Kier molecular flexibility index (Phi) is 3.53. The molecule has 0 aromatic heterocycles. The van der Waals surface area contributed by atoms with E-state index in [1.54, 1.807) is 6.92 Å². The number of rotatable bonds is 4. The third-order valence-electron chi connectivity index (χ3n) is 5.97. The normalized spacial score (nSPS) is 41.7. The van der Waals surface area contributed by atoms with Gasteiger partial charge in [0.2, 0.25) is 11.8 Å². The first-order chi connectivity index (χ1) is 9.86. The van der Waals surface area contributed by atoms with Crippen LogP contribution in [0.1, 0.15) is 65.7 Å². The molecule has 3 atom stereocenters. The fourth-order valence-corrected chi connectivity index (χ4v) is 5.53. The van der Waals surface area contributed by atoms with E-state index in [1.807, 2.05) is 0 Å². The van der Waals surface area contributed by atoms with E-state index >= 15 is 0 Å². The molecule has 4 heteroatoms. The number of carbonyl (C=O) groups is 2. The molecule has 0 saturated heterocycles. The molecule has 2 N–H and O–H groups in total. The van der Waals surface area contributed by atoms with E-state index in [0.29, 0.717) is 11.8 Å². The molecule has 0 aromatic rings. The average molecular weight is 292 g/mol. The van der Waals surface area contributed by atoms with Gasteiger partial charge in [0, 0.05) is 18.5 Å². The Balaban J connectivity index is 1.83. The minimum Gasteiger partial charge on any atom is -0.353 e. The van der Waals surface area contributed by atoms with Gasteiger partial charge in [-0.15, -0.1) is 0 Å². The van der Waals surface area contributed by atoms with Crippen molar-refractivity contribution in [3.05, 3.63) is 0 Å². The third-order valence-corrected chi connectivity index (χ3v) is 5.97. The lowest BCUT2D eigenvalue weighted by Gasteiger charge is -2.61. The molecule has 4 rings (SSSR count).